The third-order valence-electron chi connectivity index (χ3n) is 7.21. The predicted molar refractivity (Wildman–Crippen MR) is 146 cm³/mol. The van der Waals surface area contributed by atoms with E-state index in [9.17, 15) is 14.2 Å². The van der Waals surface area contributed by atoms with Crippen LogP contribution in [0.3, 0.4) is 0 Å². The summed E-state index contributed by atoms with van der Waals surface area (Å²) in [6, 6.07) is 0. The number of allylic oxidation sites excluding steroid dienone is 2. The van der Waals surface area contributed by atoms with E-state index in [0.717, 1.165) is 43.1 Å². The van der Waals surface area contributed by atoms with Crippen molar-refractivity contribution in [3.63, 3.8) is 0 Å². The first-order valence-corrected chi connectivity index (χ1v) is 15.0. The Bertz CT molecular complexity index is 811. The van der Waals surface area contributed by atoms with Gasteiger partial charge in [0, 0.05) is 19.4 Å². The fourth-order valence-electron chi connectivity index (χ4n) is 5.12. The van der Waals surface area contributed by atoms with Crippen LogP contribution in [0.1, 0.15) is 86.5 Å². The van der Waals surface area contributed by atoms with Crippen molar-refractivity contribution in [3.8, 4) is 0 Å². The number of rotatable bonds is 19. The lowest BCUT2D eigenvalue weighted by atomic mass is 9.74. The Morgan fingerprint density at radius 3 is 2.38 bits per heavy atom. The lowest BCUT2D eigenvalue weighted by Crippen LogP contribution is -2.36. The number of hydrogen-bond acceptors (Lipinski definition) is 8. The molecule has 0 N–H and O–H groups in total. The molecule has 8 nitrogen and oxygen atoms in total. The summed E-state index contributed by atoms with van der Waals surface area (Å²) < 4.78 is 41.3. The van der Waals surface area contributed by atoms with Crippen molar-refractivity contribution in [2.24, 2.45) is 11.3 Å². The third-order valence-corrected chi connectivity index (χ3v) is 9.63. The summed E-state index contributed by atoms with van der Waals surface area (Å²) in [5.41, 5.74) is 0.453. The maximum absolute atomic E-state index is 13.7. The Balaban J connectivity index is 3.43. The van der Waals surface area contributed by atoms with Gasteiger partial charge >= 0.3 is 13.6 Å². The molecular formula is C28H49O8P. The molecule has 214 valence electrons. The monoisotopic (exact) mass is 544 g/mol. The molecule has 1 saturated carbocycles. The largest absolute Gasteiger partial charge is 0.465 e. The van der Waals surface area contributed by atoms with Crippen LogP contribution in [0.2, 0.25) is 0 Å². The molecule has 37 heavy (non-hydrogen) atoms. The summed E-state index contributed by atoms with van der Waals surface area (Å²) in [4.78, 5) is 23.8. The van der Waals surface area contributed by atoms with Crippen LogP contribution in [-0.4, -0.2) is 57.2 Å². The molecule has 0 heterocycles. The molecule has 0 radical (unpaired) electrons. The highest BCUT2D eigenvalue weighted by atomic mass is 31.2. The fraction of sp³-hybridized carbons (Fsp3) is 0.786. The van der Waals surface area contributed by atoms with Crippen molar-refractivity contribution in [1.29, 1.82) is 0 Å². The summed E-state index contributed by atoms with van der Waals surface area (Å²) in [7, 11) is -2.16. The summed E-state index contributed by atoms with van der Waals surface area (Å²) in [5, 5.41) is 0. The first-order valence-electron chi connectivity index (χ1n) is 13.4. The van der Waals surface area contributed by atoms with E-state index >= 15 is 0 Å². The smallest absolute Gasteiger partial charge is 0.345 e. The Hall–Kier alpha value is -1.31. The molecule has 1 rings (SSSR count). The Morgan fingerprint density at radius 1 is 1.19 bits per heavy atom. The van der Waals surface area contributed by atoms with E-state index in [1.54, 1.807) is 27.9 Å². The molecule has 1 unspecified atom stereocenters. The van der Waals surface area contributed by atoms with E-state index in [0.29, 0.717) is 12.8 Å². The number of carbonyl (C=O) groups excluding carboxylic acids is 2. The van der Waals surface area contributed by atoms with Crippen LogP contribution >= 0.6 is 7.60 Å². The molecule has 0 aromatic heterocycles. The maximum Gasteiger partial charge on any atom is 0.345 e. The van der Waals surface area contributed by atoms with Gasteiger partial charge in [0.05, 0.1) is 25.4 Å². The quantitative estimate of drug-likeness (QED) is 0.0587. The number of aldehydes is 1. The third kappa shape index (κ3) is 9.74. The second-order valence-electron chi connectivity index (χ2n) is 10.3. The van der Waals surface area contributed by atoms with Crippen molar-refractivity contribution in [3.05, 3.63) is 23.8 Å². The van der Waals surface area contributed by atoms with Gasteiger partial charge in [-0.25, -0.2) is 0 Å². The standard InChI is InChI=1S/C28H49O8P/c1-9-33-26(30)25(37(31,35-10-2)36-11-3)15-14-24-23(27(5,6)34-21-32-8)17-19-28(24,7)18-16-22(4)13-12-20-29/h14,20,23,25H,4,9-13,15-19,21H2,1-3,5-8H3/b24-14-/t23-,25?,28-/m1/s1. The van der Waals surface area contributed by atoms with Crippen LogP contribution in [0.4, 0.5) is 0 Å². The van der Waals surface area contributed by atoms with Crippen LogP contribution in [0.25, 0.3) is 0 Å². The van der Waals surface area contributed by atoms with Crippen LogP contribution in [-0.2, 0) is 37.4 Å². The van der Waals surface area contributed by atoms with Gasteiger partial charge in [-0.15, -0.1) is 0 Å². The minimum Gasteiger partial charge on any atom is -0.465 e. The van der Waals surface area contributed by atoms with Gasteiger partial charge < -0.3 is 28.1 Å². The van der Waals surface area contributed by atoms with E-state index < -0.39 is 24.8 Å². The van der Waals surface area contributed by atoms with E-state index in [1.807, 2.05) is 19.9 Å². The summed E-state index contributed by atoms with van der Waals surface area (Å²) in [5.74, 6) is -0.518. The number of esters is 1. The van der Waals surface area contributed by atoms with Crippen LogP contribution in [0, 0.1) is 11.3 Å². The first-order chi connectivity index (χ1) is 17.4. The normalized spacial score (nSPS) is 22.2. The Labute approximate surface area is 224 Å². The van der Waals surface area contributed by atoms with Gasteiger partial charge in [-0.05, 0) is 78.6 Å². The molecule has 0 spiro atoms. The zero-order valence-electron chi connectivity index (χ0n) is 24.0. The first kappa shape index (κ1) is 33.7. The zero-order valence-corrected chi connectivity index (χ0v) is 24.9. The highest BCUT2D eigenvalue weighted by Crippen LogP contribution is 2.57. The SMILES string of the molecule is C=C(CCC=O)CC[C@]1(C)CC[C@@H](C(C)(C)OCOC)/C1=C/CC(C(=O)OCC)P(=O)(OCC)OCC. The molecule has 0 aliphatic heterocycles. The second kappa shape index (κ2) is 15.9. The Kier molecular flexibility index (Phi) is 14.5. The van der Waals surface area contributed by atoms with Gasteiger partial charge in [0.15, 0.2) is 5.66 Å². The van der Waals surface area contributed by atoms with Crippen LogP contribution in [0.5, 0.6) is 0 Å². The summed E-state index contributed by atoms with van der Waals surface area (Å²) >= 11 is 0. The fourth-order valence-corrected chi connectivity index (χ4v) is 6.97. The Morgan fingerprint density at radius 2 is 1.84 bits per heavy atom. The van der Waals surface area contributed by atoms with Gasteiger partial charge in [-0.2, -0.15) is 0 Å². The zero-order chi connectivity index (χ0) is 28.1. The molecule has 0 aromatic carbocycles. The van der Waals surface area contributed by atoms with E-state index in [1.165, 1.54) is 0 Å². The topological polar surface area (TPSA) is 97.4 Å². The molecule has 9 heteroatoms. The van der Waals surface area contributed by atoms with Crippen molar-refractivity contribution in [2.75, 3.05) is 33.7 Å². The van der Waals surface area contributed by atoms with Crippen molar-refractivity contribution >= 4 is 19.9 Å². The van der Waals surface area contributed by atoms with Crippen LogP contribution in [0.15, 0.2) is 23.8 Å². The summed E-state index contributed by atoms with van der Waals surface area (Å²) in [6.45, 7) is 16.3. The van der Waals surface area contributed by atoms with Crippen molar-refractivity contribution in [1.82, 2.24) is 0 Å². The number of hydrogen-bond donors (Lipinski definition) is 0. The summed E-state index contributed by atoms with van der Waals surface area (Å²) in [6.07, 6.45) is 7.77. The lowest BCUT2D eigenvalue weighted by Gasteiger charge is -2.36. The molecule has 1 aliphatic carbocycles. The van der Waals surface area contributed by atoms with Crippen LogP contribution < -0.4 is 0 Å². The molecule has 1 aliphatic rings. The van der Waals surface area contributed by atoms with E-state index in [-0.39, 0.29) is 44.4 Å². The number of carbonyl (C=O) groups is 2. The molecule has 0 amide bonds. The molecule has 3 atom stereocenters. The molecule has 0 aromatic rings. The van der Waals surface area contributed by atoms with Crippen molar-refractivity contribution < 1.29 is 37.4 Å². The van der Waals surface area contributed by atoms with E-state index in [2.05, 4.69) is 13.5 Å². The van der Waals surface area contributed by atoms with Gasteiger partial charge in [0.25, 0.3) is 0 Å². The maximum atomic E-state index is 13.7. The predicted octanol–water partition coefficient (Wildman–Crippen LogP) is 6.63. The average Bonchev–Trinajstić information content (AvgIpc) is 3.18. The van der Waals surface area contributed by atoms with Gasteiger partial charge in [-0.1, -0.05) is 30.7 Å². The highest BCUT2D eigenvalue weighted by molar-refractivity contribution is 7.55. The van der Waals surface area contributed by atoms with Gasteiger partial charge in [0.2, 0.25) is 0 Å². The molecule has 1 fully saturated rings. The number of methoxy groups -OCH3 is 1. The highest BCUT2D eigenvalue weighted by Gasteiger charge is 2.48. The molecule has 0 saturated heterocycles. The van der Waals surface area contributed by atoms with E-state index in [4.69, 9.17) is 23.3 Å². The minimum absolute atomic E-state index is 0.0670. The van der Waals surface area contributed by atoms with Gasteiger partial charge in [-0.3, -0.25) is 9.36 Å². The average molecular weight is 545 g/mol. The minimum atomic E-state index is -3.75. The molecule has 0 bridgehead atoms. The van der Waals surface area contributed by atoms with Gasteiger partial charge in [0.1, 0.15) is 13.1 Å². The molecular weight excluding hydrogens is 495 g/mol. The lowest BCUT2D eigenvalue weighted by molar-refractivity contribution is -0.143. The number of ether oxygens (including phenoxy) is 3. The van der Waals surface area contributed by atoms with Crippen molar-refractivity contribution in [2.45, 2.75) is 97.7 Å². The second-order valence-corrected chi connectivity index (χ2v) is 12.5.